The molecule has 1 amide bonds. The lowest BCUT2D eigenvalue weighted by Gasteiger charge is -2.23. The van der Waals surface area contributed by atoms with Gasteiger partial charge in [0, 0.05) is 6.26 Å². The Morgan fingerprint density at radius 1 is 1.31 bits per heavy atom. The number of carbonyl (C=O) groups excluding carboxylic acids is 1. The summed E-state index contributed by atoms with van der Waals surface area (Å²) in [5.74, 6) is -0.632. The Hall–Kier alpha value is -3.78. The largest absolute Gasteiger partial charge is 0.497 e. The number of ether oxygens (including phenoxy) is 1. The number of benzene rings is 1. The first-order valence-corrected chi connectivity index (χ1v) is 11.4. The molecule has 0 aliphatic carbocycles. The minimum atomic E-state index is -3.77. The third-order valence-electron chi connectivity index (χ3n) is 4.41. The molecule has 12 nitrogen and oxygen atoms in total. The highest BCUT2D eigenvalue weighted by Crippen LogP contribution is 2.35. The first kappa shape index (κ1) is 21.5. The first-order chi connectivity index (χ1) is 15.1. The lowest BCUT2D eigenvalue weighted by Crippen LogP contribution is -2.45. The van der Waals surface area contributed by atoms with Gasteiger partial charge in [-0.1, -0.05) is 0 Å². The zero-order valence-electron chi connectivity index (χ0n) is 16.4. The Labute approximate surface area is 185 Å². The predicted molar refractivity (Wildman–Crippen MR) is 117 cm³/mol. The number of nitrogens with zero attached hydrogens (tertiary/aromatic N) is 4. The average molecular weight is 475 g/mol. The van der Waals surface area contributed by atoms with Crippen LogP contribution >= 0.6 is 11.9 Å². The van der Waals surface area contributed by atoms with Crippen molar-refractivity contribution in [3.8, 4) is 17.1 Å². The number of carbonyl (C=O) groups is 1. The predicted octanol–water partition coefficient (Wildman–Crippen LogP) is 2.48. The van der Waals surface area contributed by atoms with Crippen LogP contribution in [0.1, 0.15) is 5.76 Å². The quantitative estimate of drug-likeness (QED) is 0.302. The molecule has 0 unspecified atom stereocenters. The molecule has 0 radical (unpaired) electrons. The number of hydrogen-bond donors (Lipinski definition) is 1. The molecule has 0 bridgehead atoms. The van der Waals surface area contributed by atoms with Crippen molar-refractivity contribution in [2.75, 3.05) is 13.4 Å². The maximum atomic E-state index is 12.4. The van der Waals surface area contributed by atoms with Gasteiger partial charge in [-0.3, -0.25) is 20.3 Å². The number of nitrogens with one attached hydrogen (secondary N) is 1. The third-order valence-corrected chi connectivity index (χ3v) is 6.16. The Morgan fingerprint density at radius 2 is 2.06 bits per heavy atom. The molecule has 4 rings (SSSR count). The van der Waals surface area contributed by atoms with Gasteiger partial charge in [0.25, 0.3) is 11.6 Å². The maximum Gasteiger partial charge on any atom is 0.284 e. The van der Waals surface area contributed by atoms with E-state index in [1.165, 1.54) is 43.5 Å². The summed E-state index contributed by atoms with van der Waals surface area (Å²) in [6.45, 7) is 0. The van der Waals surface area contributed by atoms with E-state index in [0.717, 1.165) is 11.2 Å². The van der Waals surface area contributed by atoms with E-state index >= 15 is 0 Å². The van der Waals surface area contributed by atoms with Gasteiger partial charge in [0.15, 0.2) is 0 Å². The SMILES string of the molecule is COc1ccc(-c2ccc(/C=C3/C(=N)N4C(=NC3=O)SN=C4S(C)(=O)=O)o2)c([N+](=O)[O-])c1. The second-order valence-electron chi connectivity index (χ2n) is 6.52. The summed E-state index contributed by atoms with van der Waals surface area (Å²) in [6.07, 6.45) is 2.15. The smallest absolute Gasteiger partial charge is 0.284 e. The Kier molecular flexibility index (Phi) is 5.18. The van der Waals surface area contributed by atoms with Crippen molar-refractivity contribution in [1.29, 1.82) is 5.41 Å². The first-order valence-electron chi connectivity index (χ1n) is 8.71. The van der Waals surface area contributed by atoms with E-state index in [1.54, 1.807) is 0 Å². The fourth-order valence-corrected chi connectivity index (χ4v) is 4.80. The summed E-state index contributed by atoms with van der Waals surface area (Å²) in [5.41, 5.74) is -0.275. The van der Waals surface area contributed by atoms with Crippen LogP contribution in [0.5, 0.6) is 5.75 Å². The number of methoxy groups -OCH3 is 1. The van der Waals surface area contributed by atoms with Crippen molar-refractivity contribution in [1.82, 2.24) is 4.90 Å². The van der Waals surface area contributed by atoms with Gasteiger partial charge in [-0.25, -0.2) is 13.3 Å². The normalized spacial score (nSPS) is 17.3. The minimum absolute atomic E-state index is 0.0356. The molecule has 14 heteroatoms. The maximum absolute atomic E-state index is 12.4. The number of furan rings is 1. The van der Waals surface area contributed by atoms with Crippen LogP contribution < -0.4 is 4.74 Å². The van der Waals surface area contributed by atoms with E-state index in [-0.39, 0.29) is 33.5 Å². The number of hydrogen-bond acceptors (Lipinski definition) is 10. The highest BCUT2D eigenvalue weighted by molar-refractivity contribution is 8.16. The zero-order valence-corrected chi connectivity index (χ0v) is 18.1. The van der Waals surface area contributed by atoms with Crippen LogP contribution in [-0.4, -0.2) is 53.7 Å². The molecule has 1 aromatic carbocycles. The molecule has 2 aromatic rings. The number of nitro benzene ring substituents is 1. The minimum Gasteiger partial charge on any atom is -0.497 e. The molecule has 0 fully saturated rings. The molecule has 2 aliphatic rings. The van der Waals surface area contributed by atoms with E-state index in [2.05, 4.69) is 9.39 Å². The topological polar surface area (TPSA) is 169 Å². The number of amides is 1. The van der Waals surface area contributed by atoms with Crippen molar-refractivity contribution in [3.63, 3.8) is 0 Å². The van der Waals surface area contributed by atoms with Crippen LogP contribution in [0, 0.1) is 15.5 Å². The standard InChI is InChI=1S/C18H13N5O7S2/c1-29-9-3-5-11(13(8-9)23(25)26)14-6-4-10(30-14)7-12-15(19)22-17(20-16(12)24)31-21-18(22)32(2,27)28/h3-8,19H,1-2H3/b12-7-,19-15?. The van der Waals surface area contributed by atoms with E-state index < -0.39 is 31.7 Å². The molecule has 0 atom stereocenters. The van der Waals surface area contributed by atoms with Crippen molar-refractivity contribution < 1.29 is 27.3 Å². The number of sulfone groups is 1. The van der Waals surface area contributed by atoms with Crippen LogP contribution in [0.25, 0.3) is 17.4 Å². The summed E-state index contributed by atoms with van der Waals surface area (Å²) >= 11 is 0.684. The Morgan fingerprint density at radius 3 is 2.72 bits per heavy atom. The molecule has 164 valence electrons. The second kappa shape index (κ2) is 7.72. The molecular formula is C18H13N5O7S2. The number of aliphatic imine (C=N–C) groups is 1. The van der Waals surface area contributed by atoms with Crippen LogP contribution in [0.15, 0.2) is 49.7 Å². The lowest BCUT2D eigenvalue weighted by molar-refractivity contribution is -0.384. The highest BCUT2D eigenvalue weighted by Gasteiger charge is 2.41. The fourth-order valence-electron chi connectivity index (χ4n) is 2.95. The van der Waals surface area contributed by atoms with E-state index in [1.807, 2.05) is 0 Å². The number of rotatable bonds is 4. The number of fused-ring (bicyclic) bond motifs is 1. The van der Waals surface area contributed by atoms with Gasteiger partial charge < -0.3 is 9.15 Å². The second-order valence-corrected chi connectivity index (χ2v) is 9.16. The average Bonchev–Trinajstić information content (AvgIpc) is 3.37. The molecule has 0 saturated carbocycles. The van der Waals surface area contributed by atoms with E-state index in [9.17, 15) is 23.3 Å². The van der Waals surface area contributed by atoms with Crippen LogP contribution in [-0.2, 0) is 14.6 Å². The molecule has 1 N–H and O–H groups in total. The molecule has 32 heavy (non-hydrogen) atoms. The number of nitro groups is 1. The van der Waals surface area contributed by atoms with Crippen LogP contribution in [0.4, 0.5) is 5.69 Å². The van der Waals surface area contributed by atoms with Gasteiger partial charge in [-0.05, 0) is 30.3 Å². The van der Waals surface area contributed by atoms with Gasteiger partial charge in [-0.2, -0.15) is 9.39 Å². The summed E-state index contributed by atoms with van der Waals surface area (Å²) in [5, 5.41) is 19.3. The van der Waals surface area contributed by atoms with Gasteiger partial charge >= 0.3 is 0 Å². The summed E-state index contributed by atoms with van der Waals surface area (Å²) in [4.78, 5) is 28.0. The van der Waals surface area contributed by atoms with Gasteiger partial charge in [0.1, 0.15) is 23.1 Å². The van der Waals surface area contributed by atoms with E-state index in [0.29, 0.717) is 17.7 Å². The summed E-state index contributed by atoms with van der Waals surface area (Å²) in [6, 6.07) is 7.19. The zero-order chi connectivity index (χ0) is 23.2. The molecule has 0 spiro atoms. The third kappa shape index (κ3) is 3.69. The van der Waals surface area contributed by atoms with E-state index in [4.69, 9.17) is 14.6 Å². The molecule has 1 aromatic heterocycles. The lowest BCUT2D eigenvalue weighted by atomic mass is 10.1. The van der Waals surface area contributed by atoms with Crippen molar-refractivity contribution >= 4 is 55.6 Å². The number of amidine groups is 3. The summed E-state index contributed by atoms with van der Waals surface area (Å²) in [7, 11) is -2.39. The monoisotopic (exact) mass is 475 g/mol. The Bertz CT molecular complexity index is 1390. The van der Waals surface area contributed by atoms with Crippen molar-refractivity contribution in [3.05, 3.63) is 51.8 Å². The molecule has 2 aliphatic heterocycles. The highest BCUT2D eigenvalue weighted by atomic mass is 32.2. The molecule has 0 saturated heterocycles. The van der Waals surface area contributed by atoms with Gasteiger partial charge in [0.05, 0.1) is 41.2 Å². The molecule has 3 heterocycles. The van der Waals surface area contributed by atoms with Crippen LogP contribution in [0.2, 0.25) is 0 Å². The Balaban J connectivity index is 1.72. The van der Waals surface area contributed by atoms with Gasteiger partial charge in [-0.15, -0.1) is 0 Å². The van der Waals surface area contributed by atoms with Crippen LogP contribution in [0.3, 0.4) is 0 Å². The van der Waals surface area contributed by atoms with Gasteiger partial charge in [0.2, 0.25) is 20.2 Å². The molecular weight excluding hydrogens is 462 g/mol. The fraction of sp³-hybridized carbons (Fsp3) is 0.111. The van der Waals surface area contributed by atoms with Crippen molar-refractivity contribution in [2.45, 2.75) is 0 Å². The summed E-state index contributed by atoms with van der Waals surface area (Å²) < 4.78 is 38.3. The van der Waals surface area contributed by atoms with Crippen molar-refractivity contribution in [2.24, 2.45) is 9.39 Å².